The van der Waals surface area contributed by atoms with Crippen molar-refractivity contribution in [1.29, 1.82) is 0 Å². The molecular weight excluding hydrogens is 214 g/mol. The maximum Gasteiger partial charge on any atom is 0.308 e. The van der Waals surface area contributed by atoms with Crippen LogP contribution >= 0.6 is 0 Å². The molecule has 0 unspecified atom stereocenters. The average molecular weight is 233 g/mol. The molecule has 0 atom stereocenters. The van der Waals surface area contributed by atoms with Gasteiger partial charge >= 0.3 is 5.97 Å². The van der Waals surface area contributed by atoms with Crippen molar-refractivity contribution in [1.82, 2.24) is 0 Å². The number of carbonyl (C=O) groups excluding carboxylic acids is 1. The number of para-hydroxylation sites is 1. The minimum atomic E-state index is -0.0526. The summed E-state index contributed by atoms with van der Waals surface area (Å²) in [5.41, 5.74) is 1.16. The van der Waals surface area contributed by atoms with Crippen molar-refractivity contribution in [2.45, 2.75) is 31.7 Å². The van der Waals surface area contributed by atoms with Gasteiger partial charge in [-0.3, -0.25) is 4.79 Å². The van der Waals surface area contributed by atoms with E-state index in [2.05, 4.69) is 17.4 Å². The number of nitrogens with one attached hydrogen (secondary N) is 1. The van der Waals surface area contributed by atoms with Gasteiger partial charge < -0.3 is 10.1 Å². The fraction of sp³-hybridized carbons (Fsp3) is 0.500. The molecule has 0 aromatic heterocycles. The molecule has 1 aliphatic rings. The number of anilines is 1. The van der Waals surface area contributed by atoms with Crippen molar-refractivity contribution in [3.63, 3.8) is 0 Å². The zero-order valence-corrected chi connectivity index (χ0v) is 10.2. The number of methoxy groups -OCH3 is 1. The van der Waals surface area contributed by atoms with Gasteiger partial charge in [0.2, 0.25) is 0 Å². The van der Waals surface area contributed by atoms with Gasteiger partial charge in [-0.1, -0.05) is 18.2 Å². The highest BCUT2D eigenvalue weighted by molar-refractivity contribution is 5.72. The van der Waals surface area contributed by atoms with Crippen molar-refractivity contribution in [2.24, 2.45) is 5.92 Å². The highest BCUT2D eigenvalue weighted by Gasteiger charge is 2.26. The second-order valence-electron chi connectivity index (χ2n) is 4.58. The van der Waals surface area contributed by atoms with Gasteiger partial charge in [0.25, 0.3) is 0 Å². The largest absolute Gasteiger partial charge is 0.469 e. The highest BCUT2D eigenvalue weighted by atomic mass is 16.5. The first-order valence-electron chi connectivity index (χ1n) is 6.19. The normalized spacial score (nSPS) is 24.1. The smallest absolute Gasteiger partial charge is 0.308 e. The predicted octanol–water partition coefficient (Wildman–Crippen LogP) is 2.83. The van der Waals surface area contributed by atoms with Crippen molar-refractivity contribution in [2.75, 3.05) is 12.4 Å². The van der Waals surface area contributed by atoms with Crippen molar-refractivity contribution in [3.8, 4) is 0 Å². The Morgan fingerprint density at radius 2 is 1.82 bits per heavy atom. The van der Waals surface area contributed by atoms with E-state index >= 15 is 0 Å². The molecule has 0 amide bonds. The van der Waals surface area contributed by atoms with Gasteiger partial charge in [0.15, 0.2) is 0 Å². The Bertz CT molecular complexity index is 356. The molecule has 1 N–H and O–H groups in total. The Kier molecular flexibility index (Phi) is 4.02. The third kappa shape index (κ3) is 3.22. The third-order valence-electron chi connectivity index (χ3n) is 3.41. The molecule has 2 rings (SSSR count). The summed E-state index contributed by atoms with van der Waals surface area (Å²) < 4.78 is 4.78. The van der Waals surface area contributed by atoms with Crippen molar-refractivity contribution >= 4 is 11.7 Å². The van der Waals surface area contributed by atoms with Crippen LogP contribution in [0.25, 0.3) is 0 Å². The Labute approximate surface area is 102 Å². The van der Waals surface area contributed by atoms with Crippen molar-refractivity contribution in [3.05, 3.63) is 30.3 Å². The number of benzene rings is 1. The van der Waals surface area contributed by atoms with Crippen LogP contribution in [0.1, 0.15) is 25.7 Å². The van der Waals surface area contributed by atoms with E-state index in [1.165, 1.54) is 7.11 Å². The number of esters is 1. The first-order chi connectivity index (χ1) is 8.29. The predicted molar refractivity (Wildman–Crippen MR) is 67.8 cm³/mol. The standard InChI is InChI=1S/C14H19NO2/c1-17-14(16)11-7-9-13(10-8-11)15-12-5-3-2-4-6-12/h2-6,11,13,15H,7-10H2,1H3. The first kappa shape index (κ1) is 12.0. The molecule has 1 aromatic rings. The van der Waals surface area contributed by atoms with E-state index < -0.39 is 0 Å². The van der Waals surface area contributed by atoms with Crippen LogP contribution in [-0.2, 0) is 9.53 Å². The Morgan fingerprint density at radius 1 is 1.18 bits per heavy atom. The average Bonchev–Trinajstić information content (AvgIpc) is 2.40. The number of ether oxygens (including phenoxy) is 1. The third-order valence-corrected chi connectivity index (χ3v) is 3.41. The zero-order valence-electron chi connectivity index (χ0n) is 10.2. The molecule has 0 saturated heterocycles. The number of carbonyl (C=O) groups is 1. The van der Waals surface area contributed by atoms with Gasteiger partial charge in [-0.15, -0.1) is 0 Å². The molecule has 0 spiro atoms. The second kappa shape index (κ2) is 5.71. The maximum atomic E-state index is 11.4. The SMILES string of the molecule is COC(=O)C1CCC(Nc2ccccc2)CC1. The molecule has 0 aliphatic heterocycles. The van der Waals surface area contributed by atoms with Gasteiger partial charge in [-0.25, -0.2) is 0 Å². The minimum Gasteiger partial charge on any atom is -0.469 e. The fourth-order valence-electron chi connectivity index (χ4n) is 2.41. The Morgan fingerprint density at radius 3 is 2.41 bits per heavy atom. The van der Waals surface area contributed by atoms with Gasteiger partial charge in [0, 0.05) is 11.7 Å². The lowest BCUT2D eigenvalue weighted by atomic mass is 9.86. The van der Waals surface area contributed by atoms with E-state index in [1.807, 2.05) is 18.2 Å². The summed E-state index contributed by atoms with van der Waals surface area (Å²) in [6.07, 6.45) is 3.93. The fourth-order valence-corrected chi connectivity index (χ4v) is 2.41. The van der Waals surface area contributed by atoms with Crippen LogP contribution < -0.4 is 5.32 Å². The summed E-state index contributed by atoms with van der Waals surface area (Å²) in [4.78, 5) is 11.4. The molecule has 0 heterocycles. The first-order valence-corrected chi connectivity index (χ1v) is 6.19. The summed E-state index contributed by atoms with van der Waals surface area (Å²) in [5.74, 6) is 0.0528. The van der Waals surface area contributed by atoms with Crippen LogP contribution in [0.15, 0.2) is 30.3 Å². The number of rotatable bonds is 3. The van der Waals surface area contributed by atoms with Crippen LogP contribution in [0.3, 0.4) is 0 Å². The lowest BCUT2D eigenvalue weighted by Gasteiger charge is -2.28. The molecule has 17 heavy (non-hydrogen) atoms. The minimum absolute atomic E-state index is 0.0526. The Hall–Kier alpha value is -1.51. The summed E-state index contributed by atoms with van der Waals surface area (Å²) in [6.45, 7) is 0. The van der Waals surface area contributed by atoms with E-state index in [4.69, 9.17) is 4.74 Å². The van der Waals surface area contributed by atoms with Gasteiger partial charge in [0.1, 0.15) is 0 Å². The molecule has 1 saturated carbocycles. The second-order valence-corrected chi connectivity index (χ2v) is 4.58. The van der Waals surface area contributed by atoms with Gasteiger partial charge in [0.05, 0.1) is 13.0 Å². The van der Waals surface area contributed by atoms with Crippen LogP contribution in [0.2, 0.25) is 0 Å². The zero-order chi connectivity index (χ0) is 12.1. The molecule has 1 fully saturated rings. The van der Waals surface area contributed by atoms with Gasteiger partial charge in [-0.2, -0.15) is 0 Å². The van der Waals surface area contributed by atoms with Crippen LogP contribution in [-0.4, -0.2) is 19.1 Å². The molecule has 92 valence electrons. The highest BCUT2D eigenvalue weighted by Crippen LogP contribution is 2.27. The molecule has 1 aromatic carbocycles. The summed E-state index contributed by atoms with van der Waals surface area (Å²) in [7, 11) is 1.47. The molecule has 3 heteroatoms. The van der Waals surface area contributed by atoms with Crippen LogP contribution in [0.5, 0.6) is 0 Å². The topological polar surface area (TPSA) is 38.3 Å². The summed E-state index contributed by atoms with van der Waals surface area (Å²) in [6, 6.07) is 10.7. The van der Waals surface area contributed by atoms with E-state index in [9.17, 15) is 4.79 Å². The molecule has 0 bridgehead atoms. The van der Waals surface area contributed by atoms with Crippen LogP contribution in [0, 0.1) is 5.92 Å². The van der Waals surface area contributed by atoms with E-state index in [0.717, 1.165) is 31.4 Å². The van der Waals surface area contributed by atoms with Crippen molar-refractivity contribution < 1.29 is 9.53 Å². The quantitative estimate of drug-likeness (QED) is 0.816. The maximum absolute atomic E-state index is 11.4. The molecule has 3 nitrogen and oxygen atoms in total. The van der Waals surface area contributed by atoms with E-state index in [1.54, 1.807) is 0 Å². The lowest BCUT2D eigenvalue weighted by molar-refractivity contribution is -0.146. The van der Waals surface area contributed by atoms with Crippen LogP contribution in [0.4, 0.5) is 5.69 Å². The monoisotopic (exact) mass is 233 g/mol. The lowest BCUT2D eigenvalue weighted by Crippen LogP contribution is -2.29. The summed E-state index contributed by atoms with van der Waals surface area (Å²) in [5, 5.41) is 3.51. The summed E-state index contributed by atoms with van der Waals surface area (Å²) >= 11 is 0. The van der Waals surface area contributed by atoms with E-state index in [-0.39, 0.29) is 11.9 Å². The number of hydrogen-bond donors (Lipinski definition) is 1. The number of hydrogen-bond acceptors (Lipinski definition) is 3. The Balaban J connectivity index is 1.82. The van der Waals surface area contributed by atoms with Gasteiger partial charge in [-0.05, 0) is 37.8 Å². The molecule has 1 aliphatic carbocycles. The van der Waals surface area contributed by atoms with E-state index in [0.29, 0.717) is 6.04 Å². The molecular formula is C14H19NO2. The molecule has 0 radical (unpaired) electrons.